The summed E-state index contributed by atoms with van der Waals surface area (Å²) in [4.78, 5) is 39.1. The van der Waals surface area contributed by atoms with E-state index in [1.807, 2.05) is 42.5 Å². The number of hydrogen-bond acceptors (Lipinski definition) is 6. The summed E-state index contributed by atoms with van der Waals surface area (Å²) in [5.74, 6) is 0.192. The topological polar surface area (TPSA) is 70.9 Å². The van der Waals surface area contributed by atoms with E-state index in [0.29, 0.717) is 18.7 Å². The van der Waals surface area contributed by atoms with Gasteiger partial charge in [0, 0.05) is 48.0 Å². The fourth-order valence-corrected chi connectivity index (χ4v) is 6.75. The van der Waals surface area contributed by atoms with Crippen LogP contribution >= 0.6 is 0 Å². The number of pyridine rings is 1. The molecule has 2 aromatic heterocycles. The molecule has 40 heavy (non-hydrogen) atoms. The zero-order chi connectivity index (χ0) is 27.2. The van der Waals surface area contributed by atoms with E-state index in [0.717, 1.165) is 78.1 Å². The second-order valence-corrected chi connectivity index (χ2v) is 11.2. The van der Waals surface area contributed by atoms with Crippen molar-refractivity contribution in [1.82, 2.24) is 24.3 Å². The number of methoxy groups -OCH3 is 1. The largest absolute Gasteiger partial charge is 0.497 e. The van der Waals surface area contributed by atoms with Crippen molar-refractivity contribution in [3.8, 4) is 17.0 Å². The highest BCUT2D eigenvalue weighted by Gasteiger charge is 2.41. The van der Waals surface area contributed by atoms with Crippen LogP contribution in [0.1, 0.15) is 46.5 Å². The van der Waals surface area contributed by atoms with Crippen molar-refractivity contribution < 1.29 is 14.3 Å². The Morgan fingerprint density at radius 3 is 2.12 bits per heavy atom. The molecule has 0 unspecified atom stereocenters. The Morgan fingerprint density at radius 1 is 0.775 bits per heavy atom. The maximum absolute atomic E-state index is 14.0. The molecule has 0 atom stereocenters. The van der Waals surface area contributed by atoms with Crippen molar-refractivity contribution in [2.75, 3.05) is 52.9 Å². The average molecular weight is 538 g/mol. The van der Waals surface area contributed by atoms with Crippen LogP contribution in [-0.4, -0.2) is 89.0 Å². The molecule has 8 nitrogen and oxygen atoms in total. The van der Waals surface area contributed by atoms with Gasteiger partial charge in [-0.3, -0.25) is 14.5 Å². The van der Waals surface area contributed by atoms with E-state index < -0.39 is 0 Å². The number of carbonyl (C=O) groups excluding carboxylic acids is 2. The summed E-state index contributed by atoms with van der Waals surface area (Å²) in [7, 11) is 1.66. The van der Waals surface area contributed by atoms with Crippen LogP contribution < -0.4 is 4.74 Å². The molecule has 3 aliphatic rings. The summed E-state index contributed by atoms with van der Waals surface area (Å²) in [6.07, 6.45) is 4.81. The Kier molecular flexibility index (Phi) is 6.52. The summed E-state index contributed by atoms with van der Waals surface area (Å²) in [5, 5.41) is 1.73. The number of ether oxygens (including phenoxy) is 1. The molecule has 0 saturated carbocycles. The van der Waals surface area contributed by atoms with E-state index in [9.17, 15) is 9.59 Å². The Morgan fingerprint density at radius 2 is 1.45 bits per heavy atom. The molecule has 2 amide bonds. The van der Waals surface area contributed by atoms with Gasteiger partial charge in [-0.2, -0.15) is 0 Å². The van der Waals surface area contributed by atoms with Gasteiger partial charge < -0.3 is 19.1 Å². The van der Waals surface area contributed by atoms with Crippen LogP contribution in [0.3, 0.4) is 0 Å². The number of hydrogen-bond donors (Lipinski definition) is 0. The lowest BCUT2D eigenvalue weighted by atomic mass is 10.0. The van der Waals surface area contributed by atoms with Crippen molar-refractivity contribution in [3.05, 3.63) is 59.8 Å². The zero-order valence-electron chi connectivity index (χ0n) is 23.1. The Balaban J connectivity index is 1.44. The minimum Gasteiger partial charge on any atom is -0.497 e. The summed E-state index contributed by atoms with van der Waals surface area (Å²) in [6.45, 7) is 7.05. The normalized spacial score (nSPS) is 18.1. The van der Waals surface area contributed by atoms with E-state index >= 15 is 0 Å². The summed E-state index contributed by atoms with van der Waals surface area (Å²) >= 11 is 0. The van der Waals surface area contributed by atoms with Crippen molar-refractivity contribution >= 4 is 33.6 Å². The van der Waals surface area contributed by atoms with Crippen LogP contribution in [0.25, 0.3) is 33.1 Å². The Hall–Kier alpha value is -3.75. The molecule has 8 heteroatoms. The molecule has 7 rings (SSSR count). The molecule has 0 spiro atoms. The number of imide groups is 1. The number of fused-ring (bicyclic) bond motifs is 5. The van der Waals surface area contributed by atoms with Gasteiger partial charge in [-0.15, -0.1) is 0 Å². The fraction of sp³-hybridized carbons (Fsp3) is 0.406. The molecule has 0 N–H and O–H groups in total. The first-order valence-electron chi connectivity index (χ1n) is 14.5. The first-order valence-corrected chi connectivity index (χ1v) is 14.5. The first kappa shape index (κ1) is 25.2. The SMILES string of the molecule is COc1ccc2c(c1)c1c3c(nc(-c4ccccc4)c1n2CCN1CCCC1)C(=O)N(CCN1CCCC1)C3=O. The van der Waals surface area contributed by atoms with Gasteiger partial charge in [-0.25, -0.2) is 4.98 Å². The molecule has 2 fully saturated rings. The van der Waals surface area contributed by atoms with Gasteiger partial charge in [0.15, 0.2) is 0 Å². The third kappa shape index (κ3) is 4.17. The van der Waals surface area contributed by atoms with Gasteiger partial charge in [0.05, 0.1) is 23.9 Å². The summed E-state index contributed by atoms with van der Waals surface area (Å²) in [5.41, 5.74) is 4.31. The van der Waals surface area contributed by atoms with Gasteiger partial charge in [0.1, 0.15) is 11.4 Å². The van der Waals surface area contributed by atoms with Crippen LogP contribution in [-0.2, 0) is 6.54 Å². The zero-order valence-corrected chi connectivity index (χ0v) is 23.1. The second kappa shape index (κ2) is 10.3. The van der Waals surface area contributed by atoms with E-state index in [1.54, 1.807) is 7.11 Å². The monoisotopic (exact) mass is 537 g/mol. The lowest BCUT2D eigenvalue weighted by Crippen LogP contribution is -2.37. The maximum Gasteiger partial charge on any atom is 0.280 e. The van der Waals surface area contributed by atoms with Gasteiger partial charge in [0.25, 0.3) is 11.8 Å². The second-order valence-electron chi connectivity index (χ2n) is 11.2. The van der Waals surface area contributed by atoms with Crippen LogP contribution in [0.2, 0.25) is 0 Å². The Bertz CT molecular complexity index is 1600. The van der Waals surface area contributed by atoms with Crippen LogP contribution in [0.15, 0.2) is 48.5 Å². The molecular formula is C32H35N5O3. The number of amides is 2. The predicted molar refractivity (Wildman–Crippen MR) is 156 cm³/mol. The highest BCUT2D eigenvalue weighted by atomic mass is 16.5. The molecule has 0 radical (unpaired) electrons. The minimum atomic E-state index is -0.292. The summed E-state index contributed by atoms with van der Waals surface area (Å²) < 4.78 is 7.93. The maximum atomic E-state index is 14.0. The molecular weight excluding hydrogens is 502 g/mol. The van der Waals surface area contributed by atoms with E-state index in [2.05, 4.69) is 20.4 Å². The number of nitrogens with zero attached hydrogens (tertiary/aromatic N) is 5. The molecule has 4 aromatic rings. The third-order valence-corrected chi connectivity index (χ3v) is 8.84. The van der Waals surface area contributed by atoms with Crippen molar-refractivity contribution in [2.45, 2.75) is 32.2 Å². The van der Waals surface area contributed by atoms with Gasteiger partial charge in [0.2, 0.25) is 0 Å². The Labute approximate surface area is 234 Å². The molecule has 3 aliphatic heterocycles. The first-order chi connectivity index (χ1) is 19.6. The minimum absolute atomic E-state index is 0.238. The van der Waals surface area contributed by atoms with E-state index in [4.69, 9.17) is 9.72 Å². The third-order valence-electron chi connectivity index (χ3n) is 8.84. The molecule has 0 bridgehead atoms. The quantitative estimate of drug-likeness (QED) is 0.305. The van der Waals surface area contributed by atoms with Gasteiger partial charge >= 0.3 is 0 Å². The van der Waals surface area contributed by atoms with Crippen molar-refractivity contribution in [1.29, 1.82) is 0 Å². The number of rotatable bonds is 8. The predicted octanol–water partition coefficient (Wildman–Crippen LogP) is 4.65. The van der Waals surface area contributed by atoms with Crippen LogP contribution in [0.4, 0.5) is 0 Å². The van der Waals surface area contributed by atoms with Crippen LogP contribution in [0, 0.1) is 0 Å². The van der Waals surface area contributed by atoms with E-state index in [1.165, 1.54) is 30.6 Å². The van der Waals surface area contributed by atoms with E-state index in [-0.39, 0.29) is 17.5 Å². The molecule has 5 heterocycles. The molecule has 2 saturated heterocycles. The number of likely N-dealkylation sites (tertiary alicyclic amines) is 2. The molecule has 206 valence electrons. The summed E-state index contributed by atoms with van der Waals surface area (Å²) in [6, 6.07) is 16.1. The van der Waals surface area contributed by atoms with Gasteiger partial charge in [-0.05, 0) is 70.1 Å². The lowest BCUT2D eigenvalue weighted by molar-refractivity contribution is 0.0639. The number of benzene rings is 2. The molecule has 2 aromatic carbocycles. The number of carbonyl (C=O) groups is 2. The number of aromatic nitrogens is 2. The lowest BCUT2D eigenvalue weighted by Gasteiger charge is -2.19. The fourth-order valence-electron chi connectivity index (χ4n) is 6.75. The average Bonchev–Trinajstić information content (AvgIpc) is 3.79. The highest BCUT2D eigenvalue weighted by Crippen LogP contribution is 2.42. The van der Waals surface area contributed by atoms with Crippen molar-refractivity contribution in [2.24, 2.45) is 0 Å². The van der Waals surface area contributed by atoms with Crippen molar-refractivity contribution in [3.63, 3.8) is 0 Å². The van der Waals surface area contributed by atoms with Gasteiger partial charge in [-0.1, -0.05) is 30.3 Å². The molecule has 0 aliphatic carbocycles. The standard InChI is InChI=1S/C32H35N5O3/c1-40-23-11-12-25-24(21-23)26-27-29(32(39)37(31(27)38)20-18-35-15-7-8-16-35)33-28(22-9-3-2-4-10-22)30(26)36(25)19-17-34-13-5-6-14-34/h2-4,9-12,21H,5-8,13-20H2,1H3. The highest BCUT2D eigenvalue weighted by molar-refractivity contribution is 6.30. The van der Waals surface area contributed by atoms with Crippen LogP contribution in [0.5, 0.6) is 5.75 Å². The smallest absolute Gasteiger partial charge is 0.280 e.